The third-order valence-corrected chi connectivity index (χ3v) is 7.11. The Balaban J connectivity index is 1.56. The number of anilines is 1. The average molecular weight is 463 g/mol. The Morgan fingerprint density at radius 3 is 2.53 bits per heavy atom. The van der Waals surface area contributed by atoms with E-state index in [0.717, 1.165) is 31.5 Å². The third kappa shape index (κ3) is 3.96. The van der Waals surface area contributed by atoms with E-state index < -0.39 is 0 Å². The number of amides is 1. The van der Waals surface area contributed by atoms with Crippen molar-refractivity contribution in [1.29, 1.82) is 0 Å². The Morgan fingerprint density at radius 2 is 1.75 bits per heavy atom. The fourth-order valence-corrected chi connectivity index (χ4v) is 5.33. The monoisotopic (exact) mass is 462 g/mol. The predicted octanol–water partition coefficient (Wildman–Crippen LogP) is 4.09. The maximum atomic E-state index is 13.4. The highest BCUT2D eigenvalue weighted by Gasteiger charge is 2.33. The molecule has 2 fully saturated rings. The molecule has 2 saturated heterocycles. The first-order chi connectivity index (χ1) is 15.6. The average Bonchev–Trinajstić information content (AvgIpc) is 3.09. The Morgan fingerprint density at radius 1 is 1.00 bits per heavy atom. The second-order valence-electron chi connectivity index (χ2n) is 7.88. The van der Waals surface area contributed by atoms with E-state index in [9.17, 15) is 9.59 Å². The Bertz CT molecular complexity index is 1280. The molecule has 162 valence electrons. The van der Waals surface area contributed by atoms with Crippen LogP contribution in [0.15, 0.2) is 64.4 Å². The summed E-state index contributed by atoms with van der Waals surface area (Å²) in [6.45, 7) is 2.12. The summed E-state index contributed by atoms with van der Waals surface area (Å²) < 4.78 is 2.03. The number of thioether (sulfide) groups is 1. The molecular weight excluding hydrogens is 440 g/mol. The zero-order chi connectivity index (χ0) is 22.1. The maximum Gasteiger partial charge on any atom is 0.267 e. The molecule has 0 radical (unpaired) electrons. The van der Waals surface area contributed by atoms with Crippen LogP contribution in [-0.2, 0) is 11.3 Å². The van der Waals surface area contributed by atoms with Gasteiger partial charge in [-0.25, -0.2) is 4.98 Å². The van der Waals surface area contributed by atoms with Crippen LogP contribution in [-0.4, -0.2) is 37.6 Å². The molecule has 2 aromatic heterocycles. The standard InChI is InChI=1S/C24H22N4O2S2/c29-22-18(15-19-23(30)28(24(31)32-19)16-17-9-3-1-4-10-17)21(26-12-6-2-7-13-26)25-20-11-5-8-14-27(20)22/h1,3-5,8-11,14-15H,2,6-7,12-13,16H2/b19-15+. The van der Waals surface area contributed by atoms with E-state index in [0.29, 0.717) is 32.8 Å². The summed E-state index contributed by atoms with van der Waals surface area (Å²) in [6, 6.07) is 15.3. The summed E-state index contributed by atoms with van der Waals surface area (Å²) in [5.74, 6) is 0.472. The molecule has 0 spiro atoms. The smallest absolute Gasteiger partial charge is 0.267 e. The molecule has 0 aliphatic carbocycles. The van der Waals surface area contributed by atoms with Gasteiger partial charge in [-0.15, -0.1) is 0 Å². The molecule has 32 heavy (non-hydrogen) atoms. The normalized spacial score (nSPS) is 18.2. The number of pyridine rings is 1. The van der Waals surface area contributed by atoms with E-state index in [1.165, 1.54) is 22.6 Å². The van der Waals surface area contributed by atoms with Crippen molar-refractivity contribution in [3.8, 4) is 0 Å². The highest BCUT2D eigenvalue weighted by atomic mass is 32.2. The fourth-order valence-electron chi connectivity index (χ4n) is 4.10. The summed E-state index contributed by atoms with van der Waals surface area (Å²) in [4.78, 5) is 35.6. The van der Waals surface area contributed by atoms with E-state index in [4.69, 9.17) is 17.2 Å². The van der Waals surface area contributed by atoms with Crippen molar-refractivity contribution in [3.05, 3.63) is 81.1 Å². The van der Waals surface area contributed by atoms with Crippen LogP contribution in [0.4, 0.5) is 5.82 Å². The van der Waals surface area contributed by atoms with Crippen molar-refractivity contribution in [3.63, 3.8) is 0 Å². The molecule has 0 N–H and O–H groups in total. The van der Waals surface area contributed by atoms with Crippen LogP contribution in [0.5, 0.6) is 0 Å². The molecule has 8 heteroatoms. The molecule has 3 aromatic rings. The molecule has 0 bridgehead atoms. The molecule has 5 rings (SSSR count). The van der Waals surface area contributed by atoms with Crippen molar-refractivity contribution in [1.82, 2.24) is 14.3 Å². The van der Waals surface area contributed by atoms with Gasteiger partial charge in [0.15, 0.2) is 0 Å². The van der Waals surface area contributed by atoms with Crippen LogP contribution >= 0.6 is 24.0 Å². The summed E-state index contributed by atoms with van der Waals surface area (Å²) in [6.07, 6.45) is 6.70. The lowest BCUT2D eigenvalue weighted by Crippen LogP contribution is -2.33. The number of carbonyl (C=O) groups is 1. The van der Waals surface area contributed by atoms with Crippen LogP contribution in [0.1, 0.15) is 30.4 Å². The van der Waals surface area contributed by atoms with Gasteiger partial charge in [0, 0.05) is 19.3 Å². The lowest BCUT2D eigenvalue weighted by Gasteiger charge is -2.29. The maximum absolute atomic E-state index is 13.4. The minimum atomic E-state index is -0.176. The number of nitrogens with zero attached hydrogens (tertiary/aromatic N) is 4. The Hall–Kier alpha value is -2.97. The van der Waals surface area contributed by atoms with Crippen LogP contribution in [0, 0.1) is 0 Å². The van der Waals surface area contributed by atoms with Gasteiger partial charge in [-0.05, 0) is 43.0 Å². The molecule has 0 unspecified atom stereocenters. The number of piperidine rings is 1. The van der Waals surface area contributed by atoms with Gasteiger partial charge in [-0.2, -0.15) is 0 Å². The van der Waals surface area contributed by atoms with Crippen LogP contribution < -0.4 is 10.5 Å². The second kappa shape index (κ2) is 8.88. The van der Waals surface area contributed by atoms with Crippen LogP contribution in [0.3, 0.4) is 0 Å². The van der Waals surface area contributed by atoms with Gasteiger partial charge < -0.3 is 4.90 Å². The van der Waals surface area contributed by atoms with E-state index in [2.05, 4.69) is 4.90 Å². The zero-order valence-corrected chi connectivity index (χ0v) is 19.1. The number of carbonyl (C=O) groups excluding carboxylic acids is 1. The lowest BCUT2D eigenvalue weighted by atomic mass is 10.1. The van der Waals surface area contributed by atoms with E-state index >= 15 is 0 Å². The molecule has 0 saturated carbocycles. The summed E-state index contributed by atoms with van der Waals surface area (Å²) in [7, 11) is 0. The molecule has 6 nitrogen and oxygen atoms in total. The Kier molecular flexibility index (Phi) is 5.80. The quantitative estimate of drug-likeness (QED) is 0.430. The molecule has 2 aliphatic heterocycles. The first-order valence-corrected chi connectivity index (χ1v) is 11.9. The lowest BCUT2D eigenvalue weighted by molar-refractivity contribution is -0.122. The minimum absolute atomic E-state index is 0.175. The minimum Gasteiger partial charge on any atom is -0.356 e. The third-order valence-electron chi connectivity index (χ3n) is 5.74. The first-order valence-electron chi connectivity index (χ1n) is 10.7. The topological polar surface area (TPSA) is 57.9 Å². The van der Waals surface area contributed by atoms with E-state index in [1.54, 1.807) is 23.2 Å². The molecule has 1 amide bonds. The number of fused-ring (bicyclic) bond motifs is 1. The second-order valence-corrected chi connectivity index (χ2v) is 9.56. The van der Waals surface area contributed by atoms with Crippen molar-refractivity contribution in [2.24, 2.45) is 0 Å². The number of benzene rings is 1. The van der Waals surface area contributed by atoms with Crippen molar-refractivity contribution in [2.75, 3.05) is 18.0 Å². The van der Waals surface area contributed by atoms with Gasteiger partial charge in [-0.3, -0.25) is 18.9 Å². The predicted molar refractivity (Wildman–Crippen MR) is 133 cm³/mol. The van der Waals surface area contributed by atoms with E-state index in [1.807, 2.05) is 42.5 Å². The SMILES string of the molecule is O=C1/C(=C\c2c(N3CCCCC3)nc3ccccn3c2=O)SC(=S)N1Cc1ccccc1. The molecular formula is C24H22N4O2S2. The van der Waals surface area contributed by atoms with Gasteiger partial charge >= 0.3 is 0 Å². The fraction of sp³-hybridized carbons (Fsp3) is 0.250. The largest absolute Gasteiger partial charge is 0.356 e. The number of rotatable bonds is 4. The summed E-state index contributed by atoms with van der Waals surface area (Å²) >= 11 is 6.74. The van der Waals surface area contributed by atoms with Crippen LogP contribution in [0.2, 0.25) is 0 Å². The van der Waals surface area contributed by atoms with Crippen LogP contribution in [0.25, 0.3) is 11.7 Å². The summed E-state index contributed by atoms with van der Waals surface area (Å²) in [5.41, 5.74) is 1.87. The van der Waals surface area contributed by atoms with Crippen molar-refractivity contribution >= 4 is 51.7 Å². The van der Waals surface area contributed by atoms with Gasteiger partial charge in [-0.1, -0.05) is 60.4 Å². The number of hydrogen-bond acceptors (Lipinski definition) is 6. The molecule has 2 aliphatic rings. The van der Waals surface area contributed by atoms with Crippen molar-refractivity contribution < 1.29 is 4.79 Å². The highest BCUT2D eigenvalue weighted by Crippen LogP contribution is 2.34. The van der Waals surface area contributed by atoms with Crippen molar-refractivity contribution in [2.45, 2.75) is 25.8 Å². The van der Waals surface area contributed by atoms with E-state index in [-0.39, 0.29) is 11.5 Å². The number of thiocarbonyl (C=S) groups is 1. The number of aromatic nitrogens is 2. The molecule has 1 aromatic carbocycles. The summed E-state index contributed by atoms with van der Waals surface area (Å²) in [5, 5.41) is 0. The highest BCUT2D eigenvalue weighted by molar-refractivity contribution is 8.26. The van der Waals surface area contributed by atoms with Gasteiger partial charge in [0.25, 0.3) is 11.5 Å². The van der Waals surface area contributed by atoms with Gasteiger partial charge in [0.05, 0.1) is 17.0 Å². The Labute approximate surface area is 195 Å². The zero-order valence-electron chi connectivity index (χ0n) is 17.4. The molecule has 4 heterocycles. The number of hydrogen-bond donors (Lipinski definition) is 0. The van der Waals surface area contributed by atoms with Gasteiger partial charge in [0.1, 0.15) is 15.8 Å². The van der Waals surface area contributed by atoms with Gasteiger partial charge in [0.2, 0.25) is 0 Å². The molecule has 0 atom stereocenters. The first kappa shape index (κ1) is 20.9.